The van der Waals surface area contributed by atoms with Crippen LogP contribution >= 0.6 is 0 Å². The Bertz CT molecular complexity index is 600. The topological polar surface area (TPSA) is 59.9 Å². The normalized spacial score (nSPS) is 27.0. The Hall–Kier alpha value is -2.04. The Kier molecular flexibility index (Phi) is 4.84. The number of oxime groups is 1. The number of hydrogen-bond donors (Lipinski definition) is 1. The van der Waals surface area contributed by atoms with Gasteiger partial charge >= 0.3 is 0 Å². The molecule has 3 rings (SSSR count). The molecule has 124 valence electrons. The molecule has 1 N–H and O–H groups in total. The lowest BCUT2D eigenvalue weighted by Gasteiger charge is -2.30. The summed E-state index contributed by atoms with van der Waals surface area (Å²) in [5.74, 6) is 1.22. The lowest BCUT2D eigenvalue weighted by molar-refractivity contribution is -0.132. The molecule has 1 aliphatic heterocycles. The Morgan fingerprint density at radius 3 is 2.87 bits per heavy atom. The smallest absolute Gasteiger partial charge is 0.264 e. The number of nitrogens with one attached hydrogen (secondary N) is 1. The van der Waals surface area contributed by atoms with Crippen LogP contribution in [0, 0.1) is 5.92 Å². The molecule has 1 saturated carbocycles. The fraction of sp³-hybridized carbons (Fsp3) is 0.556. The lowest BCUT2D eigenvalue weighted by atomic mass is 9.86. The summed E-state index contributed by atoms with van der Waals surface area (Å²) in [6.07, 6.45) is 4.62. The molecule has 2 aliphatic rings. The van der Waals surface area contributed by atoms with Crippen molar-refractivity contribution < 1.29 is 14.4 Å². The maximum atomic E-state index is 12.4. The summed E-state index contributed by atoms with van der Waals surface area (Å²) < 4.78 is 5.35. The Labute approximate surface area is 137 Å². The molecule has 0 saturated heterocycles. The first kappa shape index (κ1) is 15.8. The fourth-order valence-corrected chi connectivity index (χ4v) is 3.37. The van der Waals surface area contributed by atoms with E-state index in [1.54, 1.807) is 7.11 Å². The summed E-state index contributed by atoms with van der Waals surface area (Å²) in [5.41, 5.74) is 1.65. The molecule has 1 amide bonds. The average molecular weight is 316 g/mol. The third kappa shape index (κ3) is 3.49. The molecule has 0 spiro atoms. The van der Waals surface area contributed by atoms with Crippen LogP contribution < -0.4 is 10.1 Å². The molecular weight excluding hydrogens is 292 g/mol. The van der Waals surface area contributed by atoms with Gasteiger partial charge in [-0.25, -0.2) is 0 Å². The highest BCUT2D eigenvalue weighted by Gasteiger charge is 2.32. The monoisotopic (exact) mass is 316 g/mol. The van der Waals surface area contributed by atoms with Crippen molar-refractivity contribution in [2.75, 3.05) is 7.11 Å². The summed E-state index contributed by atoms with van der Waals surface area (Å²) in [4.78, 5) is 17.8. The van der Waals surface area contributed by atoms with Gasteiger partial charge in [0.2, 0.25) is 6.10 Å². The van der Waals surface area contributed by atoms with Crippen molar-refractivity contribution in [2.24, 2.45) is 11.1 Å². The van der Waals surface area contributed by atoms with Crippen LogP contribution in [0.4, 0.5) is 0 Å². The summed E-state index contributed by atoms with van der Waals surface area (Å²) in [5, 5.41) is 7.25. The van der Waals surface area contributed by atoms with Gasteiger partial charge in [-0.15, -0.1) is 0 Å². The summed E-state index contributed by atoms with van der Waals surface area (Å²) in [6.45, 7) is 2.20. The maximum Gasteiger partial charge on any atom is 0.264 e. The van der Waals surface area contributed by atoms with Gasteiger partial charge < -0.3 is 14.9 Å². The predicted molar refractivity (Wildman–Crippen MR) is 88.6 cm³/mol. The highest BCUT2D eigenvalue weighted by molar-refractivity contribution is 6.05. The second kappa shape index (κ2) is 7.02. The van der Waals surface area contributed by atoms with E-state index in [-0.39, 0.29) is 11.9 Å². The van der Waals surface area contributed by atoms with Crippen molar-refractivity contribution >= 4 is 11.6 Å². The van der Waals surface area contributed by atoms with E-state index in [1.807, 2.05) is 24.3 Å². The molecule has 0 aromatic heterocycles. The molecule has 0 radical (unpaired) electrons. The molecule has 1 heterocycles. The van der Waals surface area contributed by atoms with Crippen molar-refractivity contribution in [1.29, 1.82) is 0 Å². The zero-order chi connectivity index (χ0) is 16.2. The van der Waals surface area contributed by atoms with Gasteiger partial charge in [-0.3, -0.25) is 4.79 Å². The van der Waals surface area contributed by atoms with E-state index < -0.39 is 6.10 Å². The van der Waals surface area contributed by atoms with Gasteiger partial charge in [0, 0.05) is 18.0 Å². The van der Waals surface area contributed by atoms with Crippen molar-refractivity contribution in [1.82, 2.24) is 5.32 Å². The van der Waals surface area contributed by atoms with Crippen LogP contribution in [0.3, 0.4) is 0 Å². The van der Waals surface area contributed by atoms with Crippen LogP contribution in [-0.4, -0.2) is 30.9 Å². The Balaban J connectivity index is 1.61. The lowest BCUT2D eigenvalue weighted by Crippen LogP contribution is -2.45. The third-order valence-corrected chi connectivity index (χ3v) is 4.82. The van der Waals surface area contributed by atoms with E-state index in [4.69, 9.17) is 9.57 Å². The minimum absolute atomic E-state index is 0.0580. The van der Waals surface area contributed by atoms with Crippen molar-refractivity contribution in [2.45, 2.75) is 51.2 Å². The highest BCUT2D eigenvalue weighted by atomic mass is 16.6. The van der Waals surface area contributed by atoms with Gasteiger partial charge in [-0.05, 0) is 30.9 Å². The Morgan fingerprint density at radius 1 is 1.30 bits per heavy atom. The molecular formula is C18H24N2O3. The van der Waals surface area contributed by atoms with Crippen LogP contribution in [0.25, 0.3) is 0 Å². The molecule has 1 aromatic carbocycles. The van der Waals surface area contributed by atoms with Crippen LogP contribution in [0.5, 0.6) is 5.75 Å². The van der Waals surface area contributed by atoms with Gasteiger partial charge in [0.1, 0.15) is 5.75 Å². The number of amides is 1. The number of para-hydroxylation sites is 1. The number of methoxy groups -OCH3 is 1. The van der Waals surface area contributed by atoms with Crippen LogP contribution in [0.15, 0.2) is 29.4 Å². The number of ether oxygens (including phenoxy) is 1. The van der Waals surface area contributed by atoms with Gasteiger partial charge in [0.25, 0.3) is 5.91 Å². The van der Waals surface area contributed by atoms with Crippen LogP contribution in [-0.2, 0) is 9.63 Å². The van der Waals surface area contributed by atoms with E-state index >= 15 is 0 Å². The van der Waals surface area contributed by atoms with Gasteiger partial charge in [0.05, 0.1) is 12.8 Å². The zero-order valence-electron chi connectivity index (χ0n) is 13.7. The first-order valence-electron chi connectivity index (χ1n) is 8.35. The second-order valence-corrected chi connectivity index (χ2v) is 6.41. The number of carbonyl (C=O) groups excluding carboxylic acids is 1. The van der Waals surface area contributed by atoms with Crippen molar-refractivity contribution in [3.63, 3.8) is 0 Å². The number of hydrogen-bond acceptors (Lipinski definition) is 4. The second-order valence-electron chi connectivity index (χ2n) is 6.41. The first-order valence-corrected chi connectivity index (χ1v) is 8.35. The van der Waals surface area contributed by atoms with Gasteiger partial charge in [0.15, 0.2) is 0 Å². The SMILES string of the molecule is COc1ccccc1C1=NOC(C(=O)NC2CCCCC2C)C1. The number of nitrogens with zero attached hydrogens (tertiary/aromatic N) is 1. The molecule has 23 heavy (non-hydrogen) atoms. The van der Waals surface area contributed by atoms with E-state index in [0.717, 1.165) is 23.4 Å². The minimum Gasteiger partial charge on any atom is -0.496 e. The summed E-state index contributed by atoms with van der Waals surface area (Å²) in [6, 6.07) is 7.92. The van der Waals surface area contributed by atoms with Crippen molar-refractivity contribution in [3.05, 3.63) is 29.8 Å². The van der Waals surface area contributed by atoms with E-state index in [1.165, 1.54) is 19.3 Å². The average Bonchev–Trinajstić information content (AvgIpc) is 3.07. The maximum absolute atomic E-state index is 12.4. The largest absolute Gasteiger partial charge is 0.496 e. The van der Waals surface area contributed by atoms with Crippen molar-refractivity contribution in [3.8, 4) is 5.75 Å². The quantitative estimate of drug-likeness (QED) is 0.929. The molecule has 0 bridgehead atoms. The minimum atomic E-state index is -0.538. The van der Waals surface area contributed by atoms with Gasteiger partial charge in [-0.1, -0.05) is 37.1 Å². The first-order chi connectivity index (χ1) is 11.2. The molecule has 3 atom stereocenters. The molecule has 5 nitrogen and oxygen atoms in total. The number of benzene rings is 1. The summed E-state index contributed by atoms with van der Waals surface area (Å²) in [7, 11) is 1.63. The van der Waals surface area contributed by atoms with Gasteiger partial charge in [-0.2, -0.15) is 0 Å². The summed E-state index contributed by atoms with van der Waals surface area (Å²) >= 11 is 0. The third-order valence-electron chi connectivity index (χ3n) is 4.82. The predicted octanol–water partition coefficient (Wildman–Crippen LogP) is 2.88. The molecule has 1 aromatic rings. The fourth-order valence-electron chi connectivity index (χ4n) is 3.37. The highest BCUT2D eigenvalue weighted by Crippen LogP contribution is 2.26. The standard InChI is InChI=1S/C18H24N2O3/c1-12-7-3-5-9-14(12)19-18(21)17-11-15(20-23-17)13-8-4-6-10-16(13)22-2/h4,6,8,10,12,14,17H,3,5,7,9,11H2,1-2H3,(H,19,21). The molecule has 1 fully saturated rings. The Morgan fingerprint density at radius 2 is 2.09 bits per heavy atom. The van der Waals surface area contributed by atoms with Crippen LogP contribution in [0.1, 0.15) is 44.6 Å². The number of carbonyl (C=O) groups is 1. The molecule has 5 heteroatoms. The molecule has 1 aliphatic carbocycles. The van der Waals surface area contributed by atoms with E-state index in [9.17, 15) is 4.79 Å². The number of rotatable bonds is 4. The van der Waals surface area contributed by atoms with E-state index in [2.05, 4.69) is 17.4 Å². The van der Waals surface area contributed by atoms with Crippen LogP contribution in [0.2, 0.25) is 0 Å². The zero-order valence-corrected chi connectivity index (χ0v) is 13.7. The molecule has 3 unspecified atom stereocenters. The van der Waals surface area contributed by atoms with E-state index in [0.29, 0.717) is 12.3 Å².